The van der Waals surface area contributed by atoms with Crippen molar-refractivity contribution in [3.8, 4) is 17.3 Å². The van der Waals surface area contributed by atoms with E-state index in [1.54, 1.807) is 37.1 Å². The first-order chi connectivity index (χ1) is 16.0. The van der Waals surface area contributed by atoms with Gasteiger partial charge in [0.25, 0.3) is 0 Å². The maximum absolute atomic E-state index is 12.6. The first kappa shape index (κ1) is 22.6. The van der Waals surface area contributed by atoms with E-state index in [2.05, 4.69) is 25.5 Å². The molecule has 4 rings (SSSR count). The molecule has 0 unspecified atom stereocenters. The number of carbonyl (C=O) groups excluding carboxylic acids is 1. The van der Waals surface area contributed by atoms with Crippen molar-refractivity contribution in [1.29, 1.82) is 0 Å². The fraction of sp³-hybridized carbons (Fsp3) is 0.417. The van der Waals surface area contributed by atoms with E-state index in [1.165, 1.54) is 12.8 Å². The molecule has 0 radical (unpaired) electrons. The molecule has 1 aliphatic rings. The number of methoxy groups -OCH3 is 2. The molecule has 3 heterocycles. The zero-order valence-corrected chi connectivity index (χ0v) is 19.6. The second-order valence-electron chi connectivity index (χ2n) is 8.15. The van der Waals surface area contributed by atoms with Crippen molar-refractivity contribution < 1.29 is 14.3 Å². The van der Waals surface area contributed by atoms with Crippen molar-refractivity contribution in [3.05, 3.63) is 47.3 Å². The first-order valence-electron chi connectivity index (χ1n) is 11.2. The Morgan fingerprint density at radius 2 is 1.64 bits per heavy atom. The molecule has 2 aromatic heterocycles. The zero-order valence-electron chi connectivity index (χ0n) is 19.6. The predicted molar refractivity (Wildman–Crippen MR) is 127 cm³/mol. The molecular formula is C24H30N6O3. The second-order valence-corrected chi connectivity index (χ2v) is 8.15. The molecule has 0 bridgehead atoms. The van der Waals surface area contributed by atoms with Gasteiger partial charge in [-0.05, 0) is 50.8 Å². The molecule has 9 nitrogen and oxygen atoms in total. The first-order valence-corrected chi connectivity index (χ1v) is 11.2. The molecule has 3 aromatic rings. The van der Waals surface area contributed by atoms with Crippen molar-refractivity contribution in [1.82, 2.24) is 20.0 Å². The Bertz CT molecular complexity index is 1100. The Morgan fingerprint density at radius 3 is 2.24 bits per heavy atom. The molecule has 1 N–H and O–H groups in total. The monoisotopic (exact) mass is 450 g/mol. The van der Waals surface area contributed by atoms with Crippen LogP contribution in [0.3, 0.4) is 0 Å². The number of ether oxygens (including phenoxy) is 2. The lowest BCUT2D eigenvalue weighted by Crippen LogP contribution is -2.19. The van der Waals surface area contributed by atoms with Crippen LogP contribution in [0.15, 0.2) is 30.3 Å². The standard InChI is InChI=1S/C24H30N6O3/c1-16-21(7-10-24(31)25-18-13-19(32-3)15-20(14-18)33-4)17(2)30(28-16)23-9-8-22(26-27-23)29-11-5-6-12-29/h8-9,13-15H,5-7,10-12H2,1-4H3,(H,25,31). The van der Waals surface area contributed by atoms with E-state index in [4.69, 9.17) is 9.47 Å². The quantitative estimate of drug-likeness (QED) is 0.562. The van der Waals surface area contributed by atoms with Crippen LogP contribution in [0, 0.1) is 13.8 Å². The van der Waals surface area contributed by atoms with Gasteiger partial charge in [0.15, 0.2) is 11.6 Å². The van der Waals surface area contributed by atoms with E-state index in [1.807, 2.05) is 26.0 Å². The molecule has 1 fully saturated rings. The van der Waals surface area contributed by atoms with Gasteiger partial charge in [-0.1, -0.05) is 0 Å². The third-order valence-corrected chi connectivity index (χ3v) is 5.96. The number of aromatic nitrogens is 4. The summed E-state index contributed by atoms with van der Waals surface area (Å²) in [6.45, 7) is 6.01. The van der Waals surface area contributed by atoms with Gasteiger partial charge in [-0.2, -0.15) is 5.10 Å². The van der Waals surface area contributed by atoms with E-state index < -0.39 is 0 Å². The van der Waals surface area contributed by atoms with Gasteiger partial charge in [-0.25, -0.2) is 4.68 Å². The van der Waals surface area contributed by atoms with Gasteiger partial charge in [0.05, 0.1) is 19.9 Å². The predicted octanol–water partition coefficient (Wildman–Crippen LogP) is 3.47. The van der Waals surface area contributed by atoms with Crippen LogP contribution in [0.5, 0.6) is 11.5 Å². The molecule has 1 amide bonds. The van der Waals surface area contributed by atoms with Crippen LogP contribution >= 0.6 is 0 Å². The number of rotatable bonds is 8. The highest BCUT2D eigenvalue weighted by Gasteiger charge is 2.17. The normalized spacial score (nSPS) is 13.3. The van der Waals surface area contributed by atoms with Crippen molar-refractivity contribution in [2.75, 3.05) is 37.5 Å². The lowest BCUT2D eigenvalue weighted by atomic mass is 10.1. The van der Waals surface area contributed by atoms with E-state index in [9.17, 15) is 4.79 Å². The number of nitrogens with one attached hydrogen (secondary N) is 1. The number of amides is 1. The maximum atomic E-state index is 12.6. The van der Waals surface area contributed by atoms with Gasteiger partial charge < -0.3 is 19.7 Å². The SMILES string of the molecule is COc1cc(NC(=O)CCc2c(C)nn(-c3ccc(N4CCCC4)nn3)c2C)cc(OC)c1. The fourth-order valence-electron chi connectivity index (χ4n) is 4.15. The summed E-state index contributed by atoms with van der Waals surface area (Å²) in [7, 11) is 3.15. The van der Waals surface area contributed by atoms with Crippen LogP contribution in [0.25, 0.3) is 5.82 Å². The largest absolute Gasteiger partial charge is 0.497 e. The molecular weight excluding hydrogens is 420 g/mol. The lowest BCUT2D eigenvalue weighted by molar-refractivity contribution is -0.116. The van der Waals surface area contributed by atoms with Crippen molar-refractivity contribution in [3.63, 3.8) is 0 Å². The fourth-order valence-corrected chi connectivity index (χ4v) is 4.15. The smallest absolute Gasteiger partial charge is 0.224 e. The average Bonchev–Trinajstić information content (AvgIpc) is 3.46. The highest BCUT2D eigenvalue weighted by Crippen LogP contribution is 2.26. The van der Waals surface area contributed by atoms with Crippen molar-refractivity contribution in [2.45, 2.75) is 39.5 Å². The molecule has 9 heteroatoms. The van der Waals surface area contributed by atoms with Crippen molar-refractivity contribution in [2.24, 2.45) is 0 Å². The van der Waals surface area contributed by atoms with Crippen LogP contribution in [0.2, 0.25) is 0 Å². The second kappa shape index (κ2) is 9.89. The Morgan fingerprint density at radius 1 is 1.00 bits per heavy atom. The molecule has 0 spiro atoms. The topological polar surface area (TPSA) is 94.4 Å². The molecule has 174 valence electrons. The summed E-state index contributed by atoms with van der Waals surface area (Å²) < 4.78 is 12.3. The number of carbonyl (C=O) groups is 1. The Kier molecular flexibility index (Phi) is 6.76. The van der Waals surface area contributed by atoms with Crippen molar-refractivity contribution >= 4 is 17.4 Å². The number of hydrogen-bond donors (Lipinski definition) is 1. The molecule has 33 heavy (non-hydrogen) atoms. The van der Waals surface area contributed by atoms with Gasteiger partial charge in [-0.3, -0.25) is 4.79 Å². The summed E-state index contributed by atoms with van der Waals surface area (Å²) in [4.78, 5) is 14.9. The summed E-state index contributed by atoms with van der Waals surface area (Å²) in [5.41, 5.74) is 3.52. The van der Waals surface area contributed by atoms with Gasteiger partial charge >= 0.3 is 0 Å². The van der Waals surface area contributed by atoms with Crippen LogP contribution < -0.4 is 19.7 Å². The van der Waals surface area contributed by atoms with Crippen LogP contribution in [-0.2, 0) is 11.2 Å². The average molecular weight is 451 g/mol. The lowest BCUT2D eigenvalue weighted by Gasteiger charge is -2.15. The summed E-state index contributed by atoms with van der Waals surface area (Å²) in [5.74, 6) is 2.73. The van der Waals surface area contributed by atoms with E-state index in [-0.39, 0.29) is 5.91 Å². The number of anilines is 2. The molecule has 1 aromatic carbocycles. The van der Waals surface area contributed by atoms with Gasteiger partial charge in [0, 0.05) is 49.1 Å². The van der Waals surface area contributed by atoms with Crippen LogP contribution in [0.1, 0.15) is 36.2 Å². The molecule has 0 saturated carbocycles. The van der Waals surface area contributed by atoms with Gasteiger partial charge in [0.1, 0.15) is 11.5 Å². The minimum Gasteiger partial charge on any atom is -0.497 e. The summed E-state index contributed by atoms with van der Waals surface area (Å²) >= 11 is 0. The summed E-state index contributed by atoms with van der Waals surface area (Å²) in [6, 6.07) is 9.24. The molecule has 1 saturated heterocycles. The zero-order chi connectivity index (χ0) is 23.4. The van der Waals surface area contributed by atoms with Gasteiger partial charge in [-0.15, -0.1) is 10.2 Å². The molecule has 0 aliphatic carbocycles. The highest BCUT2D eigenvalue weighted by molar-refractivity contribution is 5.91. The van der Waals surface area contributed by atoms with Crippen LogP contribution in [-0.4, -0.2) is 53.2 Å². The highest BCUT2D eigenvalue weighted by atomic mass is 16.5. The minimum atomic E-state index is -0.0911. The molecule has 0 atom stereocenters. The van der Waals surface area contributed by atoms with E-state index >= 15 is 0 Å². The number of nitrogens with zero attached hydrogens (tertiary/aromatic N) is 5. The van der Waals surface area contributed by atoms with E-state index in [0.29, 0.717) is 35.8 Å². The Balaban J connectivity index is 1.42. The summed E-state index contributed by atoms with van der Waals surface area (Å²) in [6.07, 6.45) is 3.29. The number of benzene rings is 1. The van der Waals surface area contributed by atoms with Crippen LogP contribution in [0.4, 0.5) is 11.5 Å². The Labute approximate surface area is 193 Å². The molecule has 1 aliphatic heterocycles. The van der Waals surface area contributed by atoms with Gasteiger partial charge in [0.2, 0.25) is 5.91 Å². The van der Waals surface area contributed by atoms with E-state index in [0.717, 1.165) is 35.9 Å². The summed E-state index contributed by atoms with van der Waals surface area (Å²) in [5, 5.41) is 16.4. The third-order valence-electron chi connectivity index (χ3n) is 5.96. The number of aryl methyl sites for hydroxylation is 1. The minimum absolute atomic E-state index is 0.0911. The Hall–Kier alpha value is -3.62. The number of hydrogen-bond acceptors (Lipinski definition) is 7. The third kappa shape index (κ3) is 5.08. The maximum Gasteiger partial charge on any atom is 0.224 e.